The van der Waals surface area contributed by atoms with Gasteiger partial charge in [0.25, 0.3) is 5.91 Å². The Morgan fingerprint density at radius 2 is 1.85 bits per heavy atom. The molecule has 1 aliphatic rings. The van der Waals surface area contributed by atoms with Gasteiger partial charge in [0.2, 0.25) is 0 Å². The average Bonchev–Trinajstić information content (AvgIpc) is 2.47. The monoisotopic (exact) mass is 171 g/mol. The van der Waals surface area contributed by atoms with Crippen molar-refractivity contribution in [2.45, 2.75) is 0 Å². The number of carbonyl (C=O) groups is 1. The maximum absolute atomic E-state index is 11.3. The lowest BCUT2D eigenvalue weighted by Gasteiger charge is -1.98. The molecule has 0 fully saturated rings. The van der Waals surface area contributed by atoms with E-state index in [9.17, 15) is 4.79 Å². The van der Waals surface area contributed by atoms with Gasteiger partial charge < -0.3 is 5.32 Å². The Kier molecular flexibility index (Phi) is 1.74. The van der Waals surface area contributed by atoms with Crippen LogP contribution in [0.3, 0.4) is 0 Å². The van der Waals surface area contributed by atoms with E-state index >= 15 is 0 Å². The van der Waals surface area contributed by atoms with Gasteiger partial charge in [-0.25, -0.2) is 0 Å². The van der Waals surface area contributed by atoms with Gasteiger partial charge in [-0.1, -0.05) is 36.9 Å². The topological polar surface area (TPSA) is 29.1 Å². The highest BCUT2D eigenvalue weighted by Gasteiger charge is 2.17. The highest BCUT2D eigenvalue weighted by molar-refractivity contribution is 6.23. The summed E-state index contributed by atoms with van der Waals surface area (Å²) in [5, 5.41) is 2.64. The van der Waals surface area contributed by atoms with Crippen LogP contribution in [0.15, 0.2) is 48.7 Å². The van der Waals surface area contributed by atoms with Crippen molar-refractivity contribution >= 4 is 11.5 Å². The smallest absolute Gasteiger partial charge is 0.256 e. The van der Waals surface area contributed by atoms with Crippen LogP contribution >= 0.6 is 0 Å². The summed E-state index contributed by atoms with van der Waals surface area (Å²) in [5.41, 5.74) is 2.27. The lowest BCUT2D eigenvalue weighted by molar-refractivity contribution is -0.114. The molecule has 0 radical (unpaired) electrons. The molecule has 2 rings (SSSR count). The van der Waals surface area contributed by atoms with Crippen LogP contribution in [0.4, 0.5) is 0 Å². The van der Waals surface area contributed by atoms with E-state index in [2.05, 4.69) is 11.9 Å². The minimum absolute atomic E-state index is 0.0730. The predicted octanol–water partition coefficient (Wildman–Crippen LogP) is 1.71. The number of hydrogen-bond acceptors (Lipinski definition) is 1. The van der Waals surface area contributed by atoms with Gasteiger partial charge in [0.05, 0.1) is 0 Å². The first kappa shape index (κ1) is 7.80. The molecule has 2 nitrogen and oxygen atoms in total. The largest absolute Gasteiger partial charge is 0.323 e. The van der Waals surface area contributed by atoms with Crippen molar-refractivity contribution in [3.05, 3.63) is 54.2 Å². The van der Waals surface area contributed by atoms with Crippen molar-refractivity contribution < 1.29 is 4.79 Å². The number of amides is 1. The van der Waals surface area contributed by atoms with Gasteiger partial charge in [-0.05, 0) is 11.6 Å². The molecular weight excluding hydrogens is 162 g/mol. The fourth-order valence-electron chi connectivity index (χ4n) is 1.32. The summed E-state index contributed by atoms with van der Waals surface area (Å²) in [6.45, 7) is 3.67. The fourth-order valence-corrected chi connectivity index (χ4v) is 1.32. The Morgan fingerprint density at radius 1 is 1.15 bits per heavy atom. The molecule has 1 heterocycles. The minimum atomic E-state index is -0.0730. The van der Waals surface area contributed by atoms with E-state index in [1.807, 2.05) is 30.3 Å². The van der Waals surface area contributed by atoms with E-state index in [0.717, 1.165) is 5.56 Å². The van der Waals surface area contributed by atoms with Crippen LogP contribution in [0.5, 0.6) is 0 Å². The summed E-state index contributed by atoms with van der Waals surface area (Å²) >= 11 is 0. The summed E-state index contributed by atoms with van der Waals surface area (Å²) in [5.74, 6) is -0.0730. The third kappa shape index (κ3) is 1.38. The van der Waals surface area contributed by atoms with E-state index in [1.165, 1.54) is 0 Å². The van der Waals surface area contributed by atoms with Crippen LogP contribution in [-0.2, 0) is 4.79 Å². The first-order valence-corrected chi connectivity index (χ1v) is 4.05. The maximum atomic E-state index is 11.3. The third-order valence-electron chi connectivity index (χ3n) is 1.92. The molecule has 0 aromatic heterocycles. The zero-order chi connectivity index (χ0) is 9.26. The van der Waals surface area contributed by atoms with E-state index in [0.29, 0.717) is 11.3 Å². The normalized spacial score (nSPS) is 15.5. The molecule has 0 unspecified atom stereocenters. The molecule has 1 amide bonds. The lowest BCUT2D eigenvalue weighted by atomic mass is 10.1. The average molecular weight is 171 g/mol. The highest BCUT2D eigenvalue weighted by atomic mass is 16.1. The van der Waals surface area contributed by atoms with Gasteiger partial charge in [-0.2, -0.15) is 0 Å². The van der Waals surface area contributed by atoms with E-state index in [1.54, 1.807) is 6.08 Å². The van der Waals surface area contributed by atoms with Crippen LogP contribution < -0.4 is 5.32 Å². The van der Waals surface area contributed by atoms with Crippen molar-refractivity contribution in [2.75, 3.05) is 0 Å². The molecule has 0 bridgehead atoms. The Hall–Kier alpha value is -1.83. The summed E-state index contributed by atoms with van der Waals surface area (Å²) in [6.07, 6.45) is 1.76. The molecule has 64 valence electrons. The number of rotatable bonds is 1. The number of nitrogens with one attached hydrogen (secondary N) is 1. The van der Waals surface area contributed by atoms with Crippen molar-refractivity contribution in [1.82, 2.24) is 5.32 Å². The summed E-state index contributed by atoms with van der Waals surface area (Å²) in [6, 6.07) is 9.55. The molecule has 0 atom stereocenters. The third-order valence-corrected chi connectivity index (χ3v) is 1.92. The lowest BCUT2D eigenvalue weighted by Crippen LogP contribution is -2.14. The quantitative estimate of drug-likeness (QED) is 0.684. The molecular formula is C11H9NO. The molecule has 1 aromatic carbocycles. The van der Waals surface area contributed by atoms with Gasteiger partial charge >= 0.3 is 0 Å². The zero-order valence-electron chi connectivity index (χ0n) is 7.08. The van der Waals surface area contributed by atoms with Crippen LogP contribution in [0.1, 0.15) is 5.56 Å². The van der Waals surface area contributed by atoms with Crippen LogP contribution in [0.2, 0.25) is 0 Å². The predicted molar refractivity (Wildman–Crippen MR) is 51.7 cm³/mol. The van der Waals surface area contributed by atoms with Gasteiger partial charge in [0, 0.05) is 11.3 Å². The van der Waals surface area contributed by atoms with Gasteiger partial charge in [0.15, 0.2) is 0 Å². The summed E-state index contributed by atoms with van der Waals surface area (Å²) in [4.78, 5) is 11.3. The number of hydrogen-bond donors (Lipinski definition) is 1. The Morgan fingerprint density at radius 3 is 2.38 bits per heavy atom. The van der Waals surface area contributed by atoms with E-state index in [-0.39, 0.29) is 5.91 Å². The van der Waals surface area contributed by atoms with Crippen LogP contribution in [0.25, 0.3) is 5.57 Å². The molecule has 1 N–H and O–H groups in total. The second-order valence-corrected chi connectivity index (χ2v) is 2.90. The van der Waals surface area contributed by atoms with Crippen molar-refractivity contribution in [3.8, 4) is 0 Å². The molecule has 2 heteroatoms. The Balaban J connectivity index is 2.43. The van der Waals surface area contributed by atoms with E-state index < -0.39 is 0 Å². The van der Waals surface area contributed by atoms with Gasteiger partial charge in [-0.15, -0.1) is 0 Å². The maximum Gasteiger partial charge on any atom is 0.256 e. The Labute approximate surface area is 76.6 Å². The molecule has 1 aromatic rings. The second-order valence-electron chi connectivity index (χ2n) is 2.90. The number of benzene rings is 1. The van der Waals surface area contributed by atoms with Gasteiger partial charge in [-0.3, -0.25) is 4.79 Å². The SMILES string of the molecule is C=C1C=C(c2ccccc2)C(=O)N1. The Bertz CT molecular complexity index is 390. The minimum Gasteiger partial charge on any atom is -0.323 e. The standard InChI is InChI=1S/C11H9NO/c1-8-7-10(11(13)12-8)9-5-3-2-4-6-9/h2-7H,1H2,(H,12,13). The molecule has 0 aliphatic carbocycles. The molecule has 0 saturated carbocycles. The highest BCUT2D eigenvalue weighted by Crippen LogP contribution is 2.20. The molecule has 1 aliphatic heterocycles. The van der Waals surface area contributed by atoms with Crippen molar-refractivity contribution in [3.63, 3.8) is 0 Å². The first-order chi connectivity index (χ1) is 6.27. The molecule has 0 saturated heterocycles. The van der Waals surface area contributed by atoms with Gasteiger partial charge in [0.1, 0.15) is 0 Å². The van der Waals surface area contributed by atoms with E-state index in [4.69, 9.17) is 0 Å². The number of carbonyl (C=O) groups excluding carboxylic acids is 1. The molecule has 0 spiro atoms. The van der Waals surface area contributed by atoms with Crippen molar-refractivity contribution in [2.24, 2.45) is 0 Å². The second kappa shape index (κ2) is 2.90. The number of allylic oxidation sites excluding steroid dienone is 1. The zero-order valence-corrected chi connectivity index (χ0v) is 7.08. The first-order valence-electron chi connectivity index (χ1n) is 4.05. The molecule has 13 heavy (non-hydrogen) atoms. The summed E-state index contributed by atoms with van der Waals surface area (Å²) < 4.78 is 0. The van der Waals surface area contributed by atoms with Crippen LogP contribution in [0, 0.1) is 0 Å². The summed E-state index contributed by atoms with van der Waals surface area (Å²) in [7, 11) is 0. The fraction of sp³-hybridized carbons (Fsp3) is 0. The van der Waals surface area contributed by atoms with Crippen molar-refractivity contribution in [1.29, 1.82) is 0 Å². The van der Waals surface area contributed by atoms with Crippen LogP contribution in [-0.4, -0.2) is 5.91 Å².